The Morgan fingerprint density at radius 3 is 2.44 bits per heavy atom. The second-order valence-corrected chi connectivity index (χ2v) is 2.09. The molecule has 0 aromatic carbocycles. The van der Waals surface area contributed by atoms with Gasteiger partial charge in [0, 0.05) is 0 Å². The van der Waals surface area contributed by atoms with Crippen LogP contribution >= 0.6 is 0 Å². The molecule has 50 valence electrons. The summed E-state index contributed by atoms with van der Waals surface area (Å²) in [5.74, 6) is -0.298. The van der Waals surface area contributed by atoms with Crippen LogP contribution in [-0.4, -0.2) is 18.2 Å². The molecule has 0 aliphatic rings. The van der Waals surface area contributed by atoms with E-state index < -0.39 is 0 Å². The Kier molecular flexibility index (Phi) is 4.67. The monoisotopic (exact) mass is 166 g/mol. The van der Waals surface area contributed by atoms with Gasteiger partial charge in [0.1, 0.15) is 0 Å². The van der Waals surface area contributed by atoms with Gasteiger partial charge in [-0.15, -0.1) is 0 Å². The van der Waals surface area contributed by atoms with Gasteiger partial charge >= 0.3 is 62.5 Å². The fourth-order valence-corrected chi connectivity index (χ4v) is 0.626. The summed E-state index contributed by atoms with van der Waals surface area (Å²) >= 11 is 1.82. The molecule has 0 unspecified atom stereocenters. The van der Waals surface area contributed by atoms with Crippen molar-refractivity contribution in [1.29, 1.82) is 0 Å². The van der Waals surface area contributed by atoms with E-state index in [0.717, 1.165) is 0 Å². The fourth-order valence-electron chi connectivity index (χ4n) is 0.401. The number of hydrogen-bond acceptors (Lipinski definition) is 3. The summed E-state index contributed by atoms with van der Waals surface area (Å²) in [5.41, 5.74) is 0. The van der Waals surface area contributed by atoms with Crippen molar-refractivity contribution in [2.75, 3.05) is 6.61 Å². The number of carbonyl (C=O) groups excluding carboxylic acids is 2. The van der Waals surface area contributed by atoms with Crippen molar-refractivity contribution in [1.82, 2.24) is 0 Å². The average Bonchev–Trinajstić information content (AvgIpc) is 1.63. The van der Waals surface area contributed by atoms with Crippen LogP contribution in [0.4, 0.5) is 0 Å². The van der Waals surface area contributed by atoms with Gasteiger partial charge in [-0.25, -0.2) is 0 Å². The van der Waals surface area contributed by atoms with E-state index in [1.54, 1.807) is 0 Å². The van der Waals surface area contributed by atoms with Gasteiger partial charge < -0.3 is 0 Å². The third-order valence-electron chi connectivity index (χ3n) is 0.672. The Balaban J connectivity index is 3.39. The molecular formula is C5H7O3V. The van der Waals surface area contributed by atoms with Crippen LogP contribution in [0.2, 0.25) is 0 Å². The first-order valence-corrected chi connectivity index (χ1v) is 3.01. The summed E-state index contributed by atoms with van der Waals surface area (Å²) in [4.78, 5) is 20.7. The van der Waals surface area contributed by atoms with Gasteiger partial charge in [-0.2, -0.15) is 0 Å². The third kappa shape index (κ3) is 5.76. The topological polar surface area (TPSA) is 43.4 Å². The van der Waals surface area contributed by atoms with Crippen molar-refractivity contribution in [2.24, 2.45) is 0 Å². The van der Waals surface area contributed by atoms with Gasteiger partial charge in [-0.3, -0.25) is 0 Å². The predicted octanol–water partition coefficient (Wildman–Crippen LogP) is 0.0130. The maximum atomic E-state index is 10.5. The first-order valence-electron chi connectivity index (χ1n) is 2.44. The third-order valence-corrected chi connectivity index (χ3v) is 0.873. The van der Waals surface area contributed by atoms with E-state index in [-0.39, 0.29) is 24.6 Å². The molecule has 0 fully saturated rings. The van der Waals surface area contributed by atoms with Gasteiger partial charge in [0.05, 0.1) is 0 Å². The van der Waals surface area contributed by atoms with Crippen LogP contribution in [0.5, 0.6) is 0 Å². The van der Waals surface area contributed by atoms with Crippen molar-refractivity contribution >= 4 is 11.6 Å². The van der Waals surface area contributed by atoms with Crippen LogP contribution in [0, 0.1) is 0 Å². The van der Waals surface area contributed by atoms with E-state index in [1.165, 1.54) is 6.92 Å². The quantitative estimate of drug-likeness (QED) is 0.552. The summed E-state index contributed by atoms with van der Waals surface area (Å²) in [6, 6.07) is 0. The number of hydrogen-bond donors (Lipinski definition) is 0. The zero-order valence-corrected chi connectivity index (χ0v) is 6.48. The van der Waals surface area contributed by atoms with E-state index in [4.69, 9.17) is 0 Å². The van der Waals surface area contributed by atoms with E-state index in [1.807, 2.05) is 17.8 Å². The van der Waals surface area contributed by atoms with E-state index in [2.05, 4.69) is 3.66 Å². The van der Waals surface area contributed by atoms with Crippen LogP contribution < -0.4 is 0 Å². The summed E-state index contributed by atoms with van der Waals surface area (Å²) in [6.07, 6.45) is -0.0161. The second kappa shape index (κ2) is 4.73. The first kappa shape index (κ1) is 8.88. The van der Waals surface area contributed by atoms with Gasteiger partial charge in [0.2, 0.25) is 0 Å². The maximum absolute atomic E-state index is 10.5. The zero-order chi connectivity index (χ0) is 7.28. The number of carbonyl (C=O) groups is 2. The molecule has 0 heterocycles. The van der Waals surface area contributed by atoms with Gasteiger partial charge in [-0.05, 0) is 0 Å². The normalized spacial score (nSPS) is 9.00. The Bertz CT molecular complexity index is 121. The van der Waals surface area contributed by atoms with E-state index >= 15 is 0 Å². The van der Waals surface area contributed by atoms with Crippen molar-refractivity contribution in [3.05, 3.63) is 0 Å². The van der Waals surface area contributed by atoms with Crippen molar-refractivity contribution in [3.63, 3.8) is 0 Å². The van der Waals surface area contributed by atoms with Crippen molar-refractivity contribution in [3.8, 4) is 0 Å². The molecule has 0 aromatic heterocycles. The average molecular weight is 166 g/mol. The second-order valence-electron chi connectivity index (χ2n) is 1.69. The molecule has 9 heavy (non-hydrogen) atoms. The fraction of sp³-hybridized carbons (Fsp3) is 0.600. The molecule has 0 rings (SSSR count). The van der Waals surface area contributed by atoms with Crippen LogP contribution in [0.1, 0.15) is 13.3 Å². The predicted molar refractivity (Wildman–Crippen MR) is 26.3 cm³/mol. The number of ketones is 2. The van der Waals surface area contributed by atoms with Gasteiger partial charge in [0.15, 0.2) is 0 Å². The Hall–Kier alpha value is -0.116. The Labute approximate surface area is 63.1 Å². The van der Waals surface area contributed by atoms with Crippen LogP contribution in [0.3, 0.4) is 0 Å². The molecule has 0 bridgehead atoms. The molecule has 4 heteroatoms. The van der Waals surface area contributed by atoms with Crippen molar-refractivity contribution in [2.45, 2.75) is 13.3 Å². The van der Waals surface area contributed by atoms with Crippen LogP contribution in [0.15, 0.2) is 0 Å². The number of rotatable bonds is 4. The standard InChI is InChI=1S/C5H7O3.V/c1-4(7)2-5(8)3-6;/h2-3H2,1H3;/q-1;+1. The first-order chi connectivity index (χ1) is 4.16. The molecule has 0 aliphatic carbocycles. The summed E-state index contributed by atoms with van der Waals surface area (Å²) in [6.45, 7) is 1.39. The molecule has 0 aliphatic heterocycles. The molecule has 0 saturated carbocycles. The van der Waals surface area contributed by atoms with E-state index in [9.17, 15) is 9.59 Å². The molecule has 0 N–H and O–H groups in total. The molecule has 0 radical (unpaired) electrons. The molecule has 0 atom stereocenters. The summed E-state index contributed by atoms with van der Waals surface area (Å²) in [5, 5.41) is 0. The molecular weight excluding hydrogens is 159 g/mol. The minimum atomic E-state index is -0.178. The minimum absolute atomic E-state index is 0.0135. The summed E-state index contributed by atoms with van der Waals surface area (Å²) in [7, 11) is 0. The molecule has 0 saturated heterocycles. The summed E-state index contributed by atoms with van der Waals surface area (Å²) < 4.78 is 4.44. The molecule has 3 nitrogen and oxygen atoms in total. The molecule has 0 amide bonds. The van der Waals surface area contributed by atoms with Crippen LogP contribution in [0.25, 0.3) is 0 Å². The SMILES string of the molecule is CC(=O)CC(=O)C[O][V]. The Morgan fingerprint density at radius 1 is 1.56 bits per heavy atom. The van der Waals surface area contributed by atoms with Crippen molar-refractivity contribution < 1.29 is 31.0 Å². The van der Waals surface area contributed by atoms with Gasteiger partial charge in [0.25, 0.3) is 0 Å². The molecule has 0 spiro atoms. The zero-order valence-electron chi connectivity index (χ0n) is 5.09. The van der Waals surface area contributed by atoms with E-state index in [0.29, 0.717) is 0 Å². The van der Waals surface area contributed by atoms with Crippen LogP contribution in [-0.2, 0) is 31.0 Å². The molecule has 0 aromatic rings. The number of Topliss-reactive ketones (excluding diaryl/α,β-unsaturated/α-hetero) is 2. The van der Waals surface area contributed by atoms with Gasteiger partial charge in [-0.1, -0.05) is 0 Å². The Morgan fingerprint density at radius 2 is 2.11 bits per heavy atom.